The van der Waals surface area contributed by atoms with Crippen LogP contribution < -0.4 is 26.2 Å². The van der Waals surface area contributed by atoms with E-state index in [1.807, 2.05) is 0 Å². The first-order chi connectivity index (χ1) is 49.5. The van der Waals surface area contributed by atoms with Gasteiger partial charge in [-0.25, -0.2) is 0 Å². The molecule has 16 rings (SSSR count). The van der Waals surface area contributed by atoms with Gasteiger partial charge in [0, 0.05) is 66.8 Å². The van der Waals surface area contributed by atoms with Gasteiger partial charge in [-0.3, -0.25) is 0 Å². The number of aromatic nitrogens is 2. The first kappa shape index (κ1) is 69.3. The highest BCUT2D eigenvalue weighted by atomic mass is 15.2. The quantitative estimate of drug-likeness (QED) is 0.148. The van der Waals surface area contributed by atoms with Gasteiger partial charge in [-0.15, -0.1) is 0 Å². The van der Waals surface area contributed by atoms with E-state index in [4.69, 9.17) is 0 Å². The van der Waals surface area contributed by atoms with Crippen molar-refractivity contribution in [2.75, 3.05) is 9.80 Å². The first-order valence-corrected chi connectivity index (χ1v) is 38.3. The van der Waals surface area contributed by atoms with Crippen molar-refractivity contribution < 1.29 is 0 Å². The zero-order valence-corrected chi connectivity index (χ0v) is 66.0. The third-order valence-corrected chi connectivity index (χ3v) is 23.0. The lowest BCUT2D eigenvalue weighted by atomic mass is 9.33. The average Bonchev–Trinajstić information content (AvgIpc) is 1.44. The lowest BCUT2D eigenvalue weighted by Crippen LogP contribution is -2.61. The Morgan fingerprint density at radius 1 is 0.229 bits per heavy atom. The fourth-order valence-electron chi connectivity index (χ4n) is 16.7. The van der Waals surface area contributed by atoms with Crippen molar-refractivity contribution in [3.05, 3.63) is 282 Å². The highest BCUT2D eigenvalue weighted by Crippen LogP contribution is 2.53. The summed E-state index contributed by atoms with van der Waals surface area (Å²) in [6, 6.07) is 95.3. The number of para-hydroxylation sites is 3. The van der Waals surface area contributed by atoms with Gasteiger partial charge >= 0.3 is 0 Å². The lowest BCUT2D eigenvalue weighted by molar-refractivity contribution is 0.569. The predicted molar refractivity (Wildman–Crippen MR) is 456 cm³/mol. The molecule has 105 heavy (non-hydrogen) atoms. The predicted octanol–water partition coefficient (Wildman–Crippen LogP) is 26.0. The zero-order chi connectivity index (χ0) is 74.1. The Bertz CT molecular complexity index is 5770. The van der Waals surface area contributed by atoms with Crippen LogP contribution in [0.4, 0.5) is 34.1 Å². The van der Waals surface area contributed by atoms with Gasteiger partial charge in [0.1, 0.15) is 0 Å². The molecule has 0 atom stereocenters. The summed E-state index contributed by atoms with van der Waals surface area (Å²) in [6.45, 7) is 49.2. The molecule has 0 unspecified atom stereocenters. The number of nitrogens with zero attached hydrogens (tertiary/aromatic N) is 4. The van der Waals surface area contributed by atoms with Gasteiger partial charge in [-0.05, 0) is 194 Å². The van der Waals surface area contributed by atoms with Crippen molar-refractivity contribution in [2.45, 2.75) is 183 Å². The fraction of sp³-hybridized carbons (Fsp3) is 0.280. The van der Waals surface area contributed by atoms with E-state index >= 15 is 0 Å². The molecule has 2 aliphatic heterocycles. The van der Waals surface area contributed by atoms with E-state index in [1.54, 1.807) is 0 Å². The highest BCUT2D eigenvalue weighted by molar-refractivity contribution is 7.00. The van der Waals surface area contributed by atoms with Crippen molar-refractivity contribution >= 4 is 101 Å². The molecule has 526 valence electrons. The van der Waals surface area contributed by atoms with Crippen LogP contribution in [0.2, 0.25) is 0 Å². The van der Waals surface area contributed by atoms with Crippen LogP contribution in [-0.2, 0) is 37.9 Å². The summed E-state index contributed by atoms with van der Waals surface area (Å²) in [5.41, 5.74) is 33.5. The maximum Gasteiger partial charge on any atom is 0.252 e. The van der Waals surface area contributed by atoms with E-state index < -0.39 is 0 Å². The Hall–Kier alpha value is -10.1. The smallest absolute Gasteiger partial charge is 0.252 e. The molecule has 4 heterocycles. The van der Waals surface area contributed by atoms with Gasteiger partial charge in [-0.1, -0.05) is 309 Å². The molecule has 0 saturated heterocycles. The van der Waals surface area contributed by atoms with Crippen LogP contribution >= 0.6 is 0 Å². The molecule has 0 saturated carbocycles. The molecule has 0 spiro atoms. The third-order valence-electron chi connectivity index (χ3n) is 23.0. The molecule has 4 nitrogen and oxygen atoms in total. The molecule has 14 aromatic rings. The number of hydrogen-bond donors (Lipinski definition) is 0. The molecular weight excluding hydrogens is 1270 g/mol. The Morgan fingerprint density at radius 3 is 1.08 bits per heavy atom. The van der Waals surface area contributed by atoms with Crippen LogP contribution in [0, 0.1) is 0 Å². The van der Waals surface area contributed by atoms with E-state index in [0.29, 0.717) is 0 Å². The van der Waals surface area contributed by atoms with Gasteiger partial charge in [-0.2, -0.15) is 0 Å². The van der Waals surface area contributed by atoms with Crippen molar-refractivity contribution in [3.63, 3.8) is 0 Å². The highest BCUT2D eigenvalue weighted by Gasteiger charge is 2.46. The van der Waals surface area contributed by atoms with E-state index in [9.17, 15) is 0 Å². The van der Waals surface area contributed by atoms with Crippen LogP contribution in [0.15, 0.2) is 243 Å². The summed E-state index contributed by atoms with van der Waals surface area (Å²) >= 11 is 0. The van der Waals surface area contributed by atoms with Crippen molar-refractivity contribution in [1.29, 1.82) is 0 Å². The topological polar surface area (TPSA) is 16.3 Å². The standard InChI is InChI=1S/C100H103BN4/c1-94(2,3)66-40-35-62(36-41-66)79-57-68(96(7,8)9)44-51-85(79)104-87-50-39-64(65-53-70(98(13,14)15)56-71(54-65)99(16,17)18)55-82(87)101-81-49-46-74(103-84-34-28-26-32-76(84)78-48-47-77-75-31-25-27-33-83(75)102(92(77)93(78)103)73-29-23-22-24-30-73)61-88(81)105(90-60-72(100(19,20)21)59-89(104)91(90)101)86-52-45-69(97(10,11)12)58-80(86)63-37-42-67(43-38-63)95(4,5)6/h22-61H,1-21H3. The Morgan fingerprint density at radius 2 is 0.619 bits per heavy atom. The largest absolute Gasteiger partial charge is 0.311 e. The molecular formula is C100H103BN4. The monoisotopic (exact) mass is 1370 g/mol. The number of hydrogen-bond acceptors (Lipinski definition) is 2. The minimum atomic E-state index is -0.275. The van der Waals surface area contributed by atoms with E-state index in [1.165, 1.54) is 144 Å². The molecule has 0 radical (unpaired) electrons. The minimum absolute atomic E-state index is 0.00890. The van der Waals surface area contributed by atoms with E-state index in [-0.39, 0.29) is 44.6 Å². The molecule has 5 heteroatoms. The average molecular weight is 1370 g/mol. The van der Waals surface area contributed by atoms with Gasteiger partial charge in [0.15, 0.2) is 0 Å². The number of fused-ring (bicyclic) bond motifs is 11. The van der Waals surface area contributed by atoms with Gasteiger partial charge in [0.2, 0.25) is 0 Å². The molecule has 0 N–H and O–H groups in total. The van der Waals surface area contributed by atoms with E-state index in [2.05, 4.69) is 407 Å². The summed E-state index contributed by atoms with van der Waals surface area (Å²) in [4.78, 5) is 5.41. The van der Waals surface area contributed by atoms with Crippen molar-refractivity contribution in [2.24, 2.45) is 0 Å². The van der Waals surface area contributed by atoms with Gasteiger partial charge in [0.05, 0.1) is 33.4 Å². The Kier molecular flexibility index (Phi) is 16.0. The van der Waals surface area contributed by atoms with Crippen LogP contribution in [0.1, 0.15) is 184 Å². The molecule has 0 fully saturated rings. The SMILES string of the molecule is CC(C)(C)c1ccc(-c2cc(C(C)(C)C)ccc2N2c3ccc(-c4cc(C(C)(C)C)cc(C(C)(C)C)c4)cc3B3c4ccc(-n5c6ccccc6c6ccc7c8ccccc8n(-c8ccccc8)c7c65)cc4N(c4ccc(C(C)(C)C)cc4-c4ccc(C(C)(C)C)cc4)c4cc(C(C)(C)C)cc2c43)cc1. The minimum Gasteiger partial charge on any atom is -0.311 e. The zero-order valence-electron chi connectivity index (χ0n) is 66.0. The Labute approximate surface area is 625 Å². The summed E-state index contributed by atoms with van der Waals surface area (Å²) in [6.07, 6.45) is 0. The number of benzene rings is 12. The first-order valence-electron chi connectivity index (χ1n) is 38.3. The summed E-state index contributed by atoms with van der Waals surface area (Å²) in [5.74, 6) is 0. The second-order valence-corrected chi connectivity index (χ2v) is 37.6. The van der Waals surface area contributed by atoms with Crippen LogP contribution in [-0.4, -0.2) is 15.8 Å². The second-order valence-electron chi connectivity index (χ2n) is 37.6. The third kappa shape index (κ3) is 11.8. The molecule has 2 aliphatic rings. The fourth-order valence-corrected chi connectivity index (χ4v) is 16.7. The van der Waals surface area contributed by atoms with Gasteiger partial charge < -0.3 is 18.9 Å². The van der Waals surface area contributed by atoms with Crippen molar-refractivity contribution in [1.82, 2.24) is 9.13 Å². The van der Waals surface area contributed by atoms with E-state index in [0.717, 1.165) is 34.0 Å². The summed E-state index contributed by atoms with van der Waals surface area (Å²) < 4.78 is 5.12. The lowest BCUT2D eigenvalue weighted by Gasteiger charge is -2.46. The number of rotatable bonds is 7. The summed E-state index contributed by atoms with van der Waals surface area (Å²) in [5, 5.41) is 4.89. The van der Waals surface area contributed by atoms with Gasteiger partial charge in [0.25, 0.3) is 6.71 Å². The maximum atomic E-state index is 2.72. The van der Waals surface area contributed by atoms with Crippen LogP contribution in [0.5, 0.6) is 0 Å². The molecule has 0 aliphatic carbocycles. The molecule has 0 bridgehead atoms. The van der Waals surface area contributed by atoms with Crippen LogP contribution in [0.3, 0.4) is 0 Å². The maximum absolute atomic E-state index is 2.72. The molecule has 0 amide bonds. The van der Waals surface area contributed by atoms with Crippen LogP contribution in [0.25, 0.3) is 88.4 Å². The summed E-state index contributed by atoms with van der Waals surface area (Å²) in [7, 11) is 0. The Balaban J connectivity index is 1.07. The number of anilines is 6. The normalized spacial score (nSPS) is 13.7. The van der Waals surface area contributed by atoms with Crippen molar-refractivity contribution in [3.8, 4) is 44.8 Å². The molecule has 12 aromatic carbocycles. The second kappa shape index (κ2) is 24.2. The molecule has 2 aromatic heterocycles.